The summed E-state index contributed by atoms with van der Waals surface area (Å²) in [7, 11) is 0. The van der Waals surface area contributed by atoms with Crippen molar-refractivity contribution in [3.05, 3.63) is 21.2 Å². The van der Waals surface area contributed by atoms with Crippen LogP contribution in [0.25, 0.3) is 0 Å². The number of halogens is 2. The molecule has 1 N–H and O–H groups in total. The molecule has 1 unspecified atom stereocenters. The van der Waals surface area contributed by atoms with Crippen LogP contribution >= 0.6 is 31.9 Å². The standard InChI is InChI=1S/C12H17Br2N3/c1-2-17(8-10-4-3-5-15-10)12-11(14)6-9(13)7-16-12/h6-7,10,15H,2-5,8H2,1H3. The lowest BCUT2D eigenvalue weighted by Crippen LogP contribution is -2.38. The van der Waals surface area contributed by atoms with E-state index in [1.165, 1.54) is 12.8 Å². The smallest absolute Gasteiger partial charge is 0.142 e. The third-order valence-electron chi connectivity index (χ3n) is 3.07. The van der Waals surface area contributed by atoms with Crippen molar-refractivity contribution in [3.63, 3.8) is 0 Å². The summed E-state index contributed by atoms with van der Waals surface area (Å²) in [5.74, 6) is 1.03. The lowest BCUT2D eigenvalue weighted by atomic mass is 10.2. The fraction of sp³-hybridized carbons (Fsp3) is 0.583. The van der Waals surface area contributed by atoms with Gasteiger partial charge in [-0.2, -0.15) is 0 Å². The van der Waals surface area contributed by atoms with Crippen molar-refractivity contribution in [2.75, 3.05) is 24.5 Å². The van der Waals surface area contributed by atoms with Crippen LogP contribution in [0.15, 0.2) is 21.2 Å². The maximum atomic E-state index is 4.50. The Morgan fingerprint density at radius 3 is 2.94 bits per heavy atom. The Bertz CT molecular complexity index is 378. The molecule has 0 spiro atoms. The molecule has 0 bridgehead atoms. The first kappa shape index (κ1) is 13.3. The van der Waals surface area contributed by atoms with Crippen LogP contribution in [0.1, 0.15) is 19.8 Å². The SMILES string of the molecule is CCN(CC1CCCN1)c1ncc(Br)cc1Br. The van der Waals surface area contributed by atoms with Crippen LogP contribution in [0.4, 0.5) is 5.82 Å². The zero-order valence-electron chi connectivity index (χ0n) is 9.92. The first-order valence-corrected chi connectivity index (χ1v) is 7.58. The highest BCUT2D eigenvalue weighted by molar-refractivity contribution is 9.11. The molecule has 17 heavy (non-hydrogen) atoms. The molecule has 1 fully saturated rings. The molecule has 0 aliphatic carbocycles. The van der Waals surface area contributed by atoms with Crippen LogP contribution in [0.2, 0.25) is 0 Å². The van der Waals surface area contributed by atoms with Gasteiger partial charge in [-0.25, -0.2) is 4.98 Å². The number of pyridine rings is 1. The van der Waals surface area contributed by atoms with E-state index in [4.69, 9.17) is 0 Å². The first-order valence-electron chi connectivity index (χ1n) is 6.00. The van der Waals surface area contributed by atoms with Gasteiger partial charge in [0.1, 0.15) is 5.82 Å². The predicted molar refractivity (Wildman–Crippen MR) is 78.5 cm³/mol. The molecular weight excluding hydrogens is 346 g/mol. The largest absolute Gasteiger partial charge is 0.354 e. The van der Waals surface area contributed by atoms with E-state index in [9.17, 15) is 0 Å². The summed E-state index contributed by atoms with van der Waals surface area (Å²) in [4.78, 5) is 6.81. The minimum absolute atomic E-state index is 0.604. The maximum Gasteiger partial charge on any atom is 0.142 e. The maximum absolute atomic E-state index is 4.50. The van der Waals surface area contributed by atoms with Crippen LogP contribution < -0.4 is 10.2 Å². The minimum atomic E-state index is 0.604. The van der Waals surface area contributed by atoms with Gasteiger partial charge in [-0.3, -0.25) is 0 Å². The molecule has 94 valence electrons. The zero-order chi connectivity index (χ0) is 12.3. The zero-order valence-corrected chi connectivity index (χ0v) is 13.1. The number of nitrogens with zero attached hydrogens (tertiary/aromatic N) is 2. The number of likely N-dealkylation sites (N-methyl/N-ethyl adjacent to an activating group) is 1. The normalized spacial score (nSPS) is 19.6. The predicted octanol–water partition coefficient (Wildman–Crippen LogP) is 3.18. The molecule has 0 radical (unpaired) electrons. The third-order valence-corrected chi connectivity index (χ3v) is 4.09. The number of rotatable bonds is 4. The summed E-state index contributed by atoms with van der Waals surface area (Å²) in [6.07, 6.45) is 4.41. The summed E-state index contributed by atoms with van der Waals surface area (Å²) < 4.78 is 2.05. The van der Waals surface area contributed by atoms with Crippen molar-refractivity contribution in [2.45, 2.75) is 25.8 Å². The van der Waals surface area contributed by atoms with Crippen molar-refractivity contribution >= 4 is 37.7 Å². The van der Waals surface area contributed by atoms with Crippen molar-refractivity contribution in [1.29, 1.82) is 0 Å². The second-order valence-electron chi connectivity index (χ2n) is 4.29. The molecule has 2 rings (SSSR count). The Hall–Kier alpha value is -0.130. The highest BCUT2D eigenvalue weighted by Gasteiger charge is 2.19. The summed E-state index contributed by atoms with van der Waals surface area (Å²) in [6, 6.07) is 2.65. The van der Waals surface area contributed by atoms with E-state index in [1.807, 2.05) is 12.3 Å². The number of anilines is 1. The molecule has 1 saturated heterocycles. The van der Waals surface area contributed by atoms with E-state index in [0.717, 1.165) is 34.4 Å². The fourth-order valence-electron chi connectivity index (χ4n) is 2.18. The number of hydrogen-bond acceptors (Lipinski definition) is 3. The molecule has 0 aromatic carbocycles. The summed E-state index contributed by atoms with van der Waals surface area (Å²) in [5, 5.41) is 3.53. The van der Waals surface area contributed by atoms with E-state index < -0.39 is 0 Å². The average molecular weight is 363 g/mol. The van der Waals surface area contributed by atoms with Gasteiger partial charge in [-0.15, -0.1) is 0 Å². The van der Waals surface area contributed by atoms with Crippen molar-refractivity contribution in [3.8, 4) is 0 Å². The van der Waals surface area contributed by atoms with Crippen molar-refractivity contribution in [2.24, 2.45) is 0 Å². The topological polar surface area (TPSA) is 28.2 Å². The molecule has 0 saturated carbocycles. The highest BCUT2D eigenvalue weighted by Crippen LogP contribution is 2.27. The van der Waals surface area contributed by atoms with E-state index in [1.54, 1.807) is 0 Å². The Morgan fingerprint density at radius 1 is 1.53 bits per heavy atom. The van der Waals surface area contributed by atoms with Gasteiger partial charge in [0.15, 0.2) is 0 Å². The molecule has 1 aromatic heterocycles. The van der Waals surface area contributed by atoms with Gasteiger partial charge in [0.05, 0.1) is 4.47 Å². The molecular formula is C12H17Br2N3. The molecule has 1 atom stereocenters. The van der Waals surface area contributed by atoms with E-state index >= 15 is 0 Å². The van der Waals surface area contributed by atoms with Gasteiger partial charge in [-0.1, -0.05) is 0 Å². The Morgan fingerprint density at radius 2 is 2.35 bits per heavy atom. The number of hydrogen-bond donors (Lipinski definition) is 1. The Labute approximate surface area is 119 Å². The first-order chi connectivity index (χ1) is 8.20. The van der Waals surface area contributed by atoms with E-state index in [-0.39, 0.29) is 0 Å². The quantitative estimate of drug-likeness (QED) is 0.891. The molecule has 1 aliphatic heterocycles. The molecule has 5 heteroatoms. The van der Waals surface area contributed by atoms with E-state index in [2.05, 4.69) is 54.0 Å². The van der Waals surface area contributed by atoms with Crippen LogP contribution in [0.5, 0.6) is 0 Å². The second kappa shape index (κ2) is 6.16. The van der Waals surface area contributed by atoms with Gasteiger partial charge in [0.25, 0.3) is 0 Å². The van der Waals surface area contributed by atoms with Gasteiger partial charge >= 0.3 is 0 Å². The second-order valence-corrected chi connectivity index (χ2v) is 6.06. The van der Waals surface area contributed by atoms with Crippen LogP contribution in [0, 0.1) is 0 Å². The summed E-state index contributed by atoms with van der Waals surface area (Å²) in [6.45, 7) is 5.33. The van der Waals surface area contributed by atoms with Crippen molar-refractivity contribution < 1.29 is 0 Å². The number of aromatic nitrogens is 1. The van der Waals surface area contributed by atoms with E-state index in [0.29, 0.717) is 6.04 Å². The third kappa shape index (κ3) is 3.42. The molecule has 1 aliphatic rings. The average Bonchev–Trinajstić information content (AvgIpc) is 2.79. The van der Waals surface area contributed by atoms with Gasteiger partial charge in [0.2, 0.25) is 0 Å². The van der Waals surface area contributed by atoms with Crippen molar-refractivity contribution in [1.82, 2.24) is 10.3 Å². The Balaban J connectivity index is 2.10. The summed E-state index contributed by atoms with van der Waals surface area (Å²) in [5.41, 5.74) is 0. The van der Waals surface area contributed by atoms with Gasteiger partial charge in [0, 0.05) is 29.8 Å². The molecule has 0 amide bonds. The number of nitrogens with one attached hydrogen (secondary N) is 1. The van der Waals surface area contributed by atoms with Crippen LogP contribution in [-0.2, 0) is 0 Å². The molecule has 2 heterocycles. The Kier molecular flexibility index (Phi) is 4.82. The minimum Gasteiger partial charge on any atom is -0.354 e. The highest BCUT2D eigenvalue weighted by atomic mass is 79.9. The summed E-state index contributed by atoms with van der Waals surface area (Å²) >= 11 is 7.02. The van der Waals surface area contributed by atoms with Gasteiger partial charge < -0.3 is 10.2 Å². The fourth-order valence-corrected chi connectivity index (χ4v) is 3.42. The molecule has 1 aromatic rings. The lowest BCUT2D eigenvalue weighted by Gasteiger charge is -2.26. The lowest BCUT2D eigenvalue weighted by molar-refractivity contribution is 0.583. The monoisotopic (exact) mass is 361 g/mol. The van der Waals surface area contributed by atoms with Crippen LogP contribution in [0.3, 0.4) is 0 Å². The van der Waals surface area contributed by atoms with Crippen LogP contribution in [-0.4, -0.2) is 30.7 Å². The van der Waals surface area contributed by atoms with Gasteiger partial charge in [-0.05, 0) is 64.2 Å². The molecule has 3 nitrogen and oxygen atoms in total.